The summed E-state index contributed by atoms with van der Waals surface area (Å²) >= 11 is 0. The maximum Gasteiger partial charge on any atom is 0.314 e. The number of benzene rings is 1. The second-order valence-electron chi connectivity index (χ2n) is 6.50. The predicted molar refractivity (Wildman–Crippen MR) is 95.5 cm³/mol. The van der Waals surface area contributed by atoms with E-state index in [0.717, 1.165) is 44.4 Å². The molecular weight excluding hydrogens is 284 g/mol. The standard InChI is InChI=1S/C21H28O2/c1-3-5-6-8-18-9-13-19(14-10-18)21(22)23-20-15-11-17(7-4-2)12-16-20/h3-4,11-12,15-16,18-19H,1-2,5-10,13-14H2. The minimum atomic E-state index is -0.0639. The Balaban J connectivity index is 1.76. The van der Waals surface area contributed by atoms with Crippen LogP contribution in [0.5, 0.6) is 5.75 Å². The minimum Gasteiger partial charge on any atom is -0.426 e. The van der Waals surface area contributed by atoms with Crippen LogP contribution in [0.2, 0.25) is 0 Å². The molecule has 0 amide bonds. The molecule has 0 saturated heterocycles. The zero-order valence-corrected chi connectivity index (χ0v) is 14.0. The average Bonchev–Trinajstić information content (AvgIpc) is 2.58. The van der Waals surface area contributed by atoms with Gasteiger partial charge in [-0.05, 0) is 68.6 Å². The number of esters is 1. The van der Waals surface area contributed by atoms with Crippen molar-refractivity contribution in [2.24, 2.45) is 11.8 Å². The third-order valence-corrected chi connectivity index (χ3v) is 4.72. The zero-order valence-electron chi connectivity index (χ0n) is 14.0. The van der Waals surface area contributed by atoms with E-state index in [-0.39, 0.29) is 11.9 Å². The first kappa shape index (κ1) is 17.5. The summed E-state index contributed by atoms with van der Waals surface area (Å²) < 4.78 is 5.54. The van der Waals surface area contributed by atoms with Crippen LogP contribution >= 0.6 is 0 Å². The highest BCUT2D eigenvalue weighted by Gasteiger charge is 2.27. The third-order valence-electron chi connectivity index (χ3n) is 4.72. The summed E-state index contributed by atoms with van der Waals surface area (Å²) in [5.74, 6) is 1.43. The molecule has 2 nitrogen and oxygen atoms in total. The molecule has 0 aliphatic heterocycles. The lowest BCUT2D eigenvalue weighted by Gasteiger charge is -2.27. The predicted octanol–water partition coefficient (Wildman–Crippen LogP) is 5.48. The molecule has 0 unspecified atom stereocenters. The highest BCUT2D eigenvalue weighted by atomic mass is 16.5. The van der Waals surface area contributed by atoms with Gasteiger partial charge in [-0.1, -0.05) is 30.7 Å². The molecule has 124 valence electrons. The van der Waals surface area contributed by atoms with Crippen LogP contribution in [0.1, 0.15) is 50.5 Å². The lowest BCUT2D eigenvalue weighted by molar-refractivity contribution is -0.140. The summed E-state index contributed by atoms with van der Waals surface area (Å²) in [4.78, 5) is 12.3. The van der Waals surface area contributed by atoms with Gasteiger partial charge in [0.15, 0.2) is 0 Å². The van der Waals surface area contributed by atoms with Crippen molar-refractivity contribution in [1.82, 2.24) is 0 Å². The quantitative estimate of drug-likeness (QED) is 0.275. The van der Waals surface area contributed by atoms with Gasteiger partial charge >= 0.3 is 5.97 Å². The number of carbonyl (C=O) groups excluding carboxylic acids is 1. The first-order valence-electron chi connectivity index (χ1n) is 8.75. The average molecular weight is 312 g/mol. The lowest BCUT2D eigenvalue weighted by Crippen LogP contribution is -2.25. The molecule has 1 fully saturated rings. The molecular formula is C21H28O2. The molecule has 0 bridgehead atoms. The summed E-state index contributed by atoms with van der Waals surface area (Å²) in [5.41, 5.74) is 1.18. The Morgan fingerprint density at radius 2 is 1.78 bits per heavy atom. The Morgan fingerprint density at radius 3 is 2.39 bits per heavy atom. The van der Waals surface area contributed by atoms with Gasteiger partial charge in [-0.25, -0.2) is 0 Å². The van der Waals surface area contributed by atoms with Gasteiger partial charge in [0.05, 0.1) is 5.92 Å². The monoisotopic (exact) mass is 312 g/mol. The Kier molecular flexibility index (Phi) is 7.12. The molecule has 2 heteroatoms. The molecule has 0 radical (unpaired) electrons. The van der Waals surface area contributed by atoms with E-state index in [1.165, 1.54) is 18.4 Å². The van der Waals surface area contributed by atoms with Gasteiger partial charge in [0, 0.05) is 0 Å². The highest BCUT2D eigenvalue weighted by Crippen LogP contribution is 2.32. The Morgan fingerprint density at radius 1 is 1.09 bits per heavy atom. The van der Waals surface area contributed by atoms with Crippen molar-refractivity contribution in [2.75, 3.05) is 0 Å². The van der Waals surface area contributed by atoms with Crippen molar-refractivity contribution in [3.8, 4) is 5.75 Å². The maximum atomic E-state index is 12.3. The second-order valence-corrected chi connectivity index (χ2v) is 6.50. The van der Waals surface area contributed by atoms with Gasteiger partial charge in [-0.2, -0.15) is 0 Å². The Hall–Kier alpha value is -1.83. The van der Waals surface area contributed by atoms with E-state index in [1.54, 1.807) is 0 Å². The first-order valence-corrected chi connectivity index (χ1v) is 8.75. The van der Waals surface area contributed by atoms with Crippen molar-refractivity contribution in [3.63, 3.8) is 0 Å². The fraction of sp³-hybridized carbons (Fsp3) is 0.476. The molecule has 0 N–H and O–H groups in total. The number of hydrogen-bond donors (Lipinski definition) is 0. The zero-order chi connectivity index (χ0) is 16.5. The molecule has 1 aromatic rings. The van der Waals surface area contributed by atoms with Crippen molar-refractivity contribution in [2.45, 2.75) is 51.4 Å². The molecule has 0 atom stereocenters. The summed E-state index contributed by atoms with van der Waals surface area (Å²) in [6.07, 6.45) is 12.5. The fourth-order valence-electron chi connectivity index (χ4n) is 3.30. The molecule has 1 aromatic carbocycles. The van der Waals surface area contributed by atoms with E-state index >= 15 is 0 Å². The van der Waals surface area contributed by atoms with Crippen LogP contribution < -0.4 is 4.74 Å². The van der Waals surface area contributed by atoms with Crippen LogP contribution in [0.25, 0.3) is 0 Å². The molecule has 0 aromatic heterocycles. The van der Waals surface area contributed by atoms with E-state index in [4.69, 9.17) is 4.74 Å². The van der Waals surface area contributed by atoms with E-state index in [1.807, 2.05) is 36.4 Å². The van der Waals surface area contributed by atoms with Crippen molar-refractivity contribution < 1.29 is 9.53 Å². The van der Waals surface area contributed by atoms with Gasteiger partial charge < -0.3 is 4.74 Å². The normalized spacial score (nSPS) is 20.7. The van der Waals surface area contributed by atoms with Crippen LogP contribution in [-0.4, -0.2) is 5.97 Å². The first-order chi connectivity index (χ1) is 11.2. The molecule has 1 aliphatic carbocycles. The van der Waals surface area contributed by atoms with Gasteiger partial charge in [-0.3, -0.25) is 4.79 Å². The second kappa shape index (κ2) is 9.34. The van der Waals surface area contributed by atoms with Crippen molar-refractivity contribution in [3.05, 3.63) is 55.1 Å². The number of unbranched alkanes of at least 4 members (excludes halogenated alkanes) is 1. The third kappa shape index (κ3) is 5.70. The maximum absolute atomic E-state index is 12.3. The van der Waals surface area contributed by atoms with E-state index in [2.05, 4.69) is 13.2 Å². The van der Waals surface area contributed by atoms with Gasteiger partial charge in [0.1, 0.15) is 5.75 Å². The molecule has 0 spiro atoms. The highest BCUT2D eigenvalue weighted by molar-refractivity contribution is 5.75. The molecule has 0 heterocycles. The number of rotatable bonds is 8. The summed E-state index contributed by atoms with van der Waals surface area (Å²) in [7, 11) is 0. The van der Waals surface area contributed by atoms with Crippen LogP contribution in [0.4, 0.5) is 0 Å². The summed E-state index contributed by atoms with van der Waals surface area (Å²) in [6.45, 7) is 7.50. The van der Waals surface area contributed by atoms with Gasteiger partial charge in [0.2, 0.25) is 0 Å². The van der Waals surface area contributed by atoms with Crippen LogP contribution in [-0.2, 0) is 11.2 Å². The Bertz CT molecular complexity index is 507. The van der Waals surface area contributed by atoms with Crippen molar-refractivity contribution in [1.29, 1.82) is 0 Å². The number of carbonyl (C=O) groups is 1. The molecule has 23 heavy (non-hydrogen) atoms. The molecule has 1 aliphatic rings. The largest absolute Gasteiger partial charge is 0.426 e. The SMILES string of the molecule is C=CCCCC1CCC(C(=O)Oc2ccc(CC=C)cc2)CC1. The van der Waals surface area contributed by atoms with E-state index in [9.17, 15) is 4.79 Å². The smallest absolute Gasteiger partial charge is 0.314 e. The lowest BCUT2D eigenvalue weighted by atomic mass is 9.80. The fourth-order valence-corrected chi connectivity index (χ4v) is 3.30. The van der Waals surface area contributed by atoms with E-state index in [0.29, 0.717) is 5.75 Å². The molecule has 2 rings (SSSR count). The summed E-state index contributed by atoms with van der Waals surface area (Å²) in [6, 6.07) is 7.72. The summed E-state index contributed by atoms with van der Waals surface area (Å²) in [5, 5.41) is 0. The van der Waals surface area contributed by atoms with Crippen molar-refractivity contribution >= 4 is 5.97 Å². The number of allylic oxidation sites excluding steroid dienone is 2. The van der Waals surface area contributed by atoms with Crippen LogP contribution in [0.15, 0.2) is 49.6 Å². The minimum absolute atomic E-state index is 0.0639. The van der Waals surface area contributed by atoms with Crippen LogP contribution in [0, 0.1) is 11.8 Å². The Labute approximate surface area is 140 Å². The van der Waals surface area contributed by atoms with E-state index < -0.39 is 0 Å². The topological polar surface area (TPSA) is 26.3 Å². The number of ether oxygens (including phenoxy) is 1. The molecule has 1 saturated carbocycles. The van der Waals surface area contributed by atoms with Gasteiger partial charge in [0.25, 0.3) is 0 Å². The number of hydrogen-bond acceptors (Lipinski definition) is 2. The van der Waals surface area contributed by atoms with Gasteiger partial charge in [-0.15, -0.1) is 13.2 Å². The van der Waals surface area contributed by atoms with Crippen LogP contribution in [0.3, 0.4) is 0 Å².